The first kappa shape index (κ1) is 14.0. The van der Waals surface area contributed by atoms with Crippen LogP contribution >= 0.6 is 0 Å². The largest absolute Gasteiger partial charge is 0.324 e. The molecule has 0 unspecified atom stereocenters. The van der Waals surface area contributed by atoms with Gasteiger partial charge in [0.05, 0.1) is 11.2 Å². The highest BCUT2D eigenvalue weighted by Gasteiger charge is 2.12. The van der Waals surface area contributed by atoms with Crippen LogP contribution in [0.2, 0.25) is 0 Å². The molecule has 0 atom stereocenters. The van der Waals surface area contributed by atoms with Crippen LogP contribution in [0.1, 0.15) is 25.7 Å². The number of pyridine rings is 1. The molecule has 1 fully saturated rings. The van der Waals surface area contributed by atoms with Gasteiger partial charge in [0.1, 0.15) is 0 Å². The Morgan fingerprint density at radius 1 is 1.14 bits per heavy atom. The minimum absolute atomic E-state index is 0.0683. The lowest BCUT2D eigenvalue weighted by Gasteiger charge is -2.25. The smallest absolute Gasteiger partial charge is 0.225 e. The van der Waals surface area contributed by atoms with Crippen LogP contribution < -0.4 is 5.32 Å². The molecule has 1 aromatic heterocycles. The molecule has 3 rings (SSSR count). The highest BCUT2D eigenvalue weighted by atomic mass is 16.1. The van der Waals surface area contributed by atoms with Gasteiger partial charge in [-0.3, -0.25) is 9.78 Å². The molecule has 1 saturated heterocycles. The average Bonchev–Trinajstić information content (AvgIpc) is 2.54. The van der Waals surface area contributed by atoms with Crippen molar-refractivity contribution in [1.82, 2.24) is 9.88 Å². The summed E-state index contributed by atoms with van der Waals surface area (Å²) in [6.07, 6.45) is 6.14. The second kappa shape index (κ2) is 6.68. The highest BCUT2D eigenvalue weighted by molar-refractivity contribution is 6.00. The van der Waals surface area contributed by atoms with Crippen LogP contribution in [-0.4, -0.2) is 35.4 Å². The van der Waals surface area contributed by atoms with Crippen molar-refractivity contribution < 1.29 is 4.79 Å². The molecule has 4 nitrogen and oxygen atoms in total. The molecule has 0 aliphatic carbocycles. The minimum Gasteiger partial charge on any atom is -0.324 e. The van der Waals surface area contributed by atoms with Gasteiger partial charge in [-0.05, 0) is 38.1 Å². The number of carbonyl (C=O) groups is 1. The molecule has 4 heteroatoms. The van der Waals surface area contributed by atoms with Crippen molar-refractivity contribution in [2.75, 3.05) is 25.0 Å². The van der Waals surface area contributed by atoms with E-state index in [1.54, 1.807) is 6.20 Å². The molecule has 110 valence electrons. The molecular weight excluding hydrogens is 262 g/mol. The van der Waals surface area contributed by atoms with Crippen LogP contribution in [0.15, 0.2) is 36.5 Å². The summed E-state index contributed by atoms with van der Waals surface area (Å²) in [5.74, 6) is 0.0683. The number of hydrogen-bond donors (Lipinski definition) is 1. The highest BCUT2D eigenvalue weighted by Crippen LogP contribution is 2.20. The molecule has 0 spiro atoms. The van der Waals surface area contributed by atoms with Crippen LogP contribution in [0.5, 0.6) is 0 Å². The quantitative estimate of drug-likeness (QED) is 0.938. The number of nitrogens with one attached hydrogen (secondary N) is 1. The first-order chi connectivity index (χ1) is 10.3. The van der Waals surface area contributed by atoms with E-state index in [0.29, 0.717) is 6.42 Å². The molecule has 1 aliphatic rings. The molecular formula is C17H21N3O. The first-order valence-corrected chi connectivity index (χ1v) is 7.69. The second-order valence-electron chi connectivity index (χ2n) is 5.58. The third-order valence-electron chi connectivity index (χ3n) is 4.01. The average molecular weight is 283 g/mol. The first-order valence-electron chi connectivity index (χ1n) is 7.69. The zero-order valence-electron chi connectivity index (χ0n) is 12.2. The number of benzene rings is 1. The van der Waals surface area contributed by atoms with Gasteiger partial charge >= 0.3 is 0 Å². The summed E-state index contributed by atoms with van der Waals surface area (Å²) in [5.41, 5.74) is 1.66. The van der Waals surface area contributed by atoms with E-state index in [2.05, 4.69) is 15.2 Å². The van der Waals surface area contributed by atoms with Gasteiger partial charge in [-0.25, -0.2) is 0 Å². The van der Waals surface area contributed by atoms with E-state index in [1.807, 2.05) is 30.3 Å². The van der Waals surface area contributed by atoms with Gasteiger partial charge in [-0.15, -0.1) is 0 Å². The van der Waals surface area contributed by atoms with Gasteiger partial charge in [0.15, 0.2) is 0 Å². The van der Waals surface area contributed by atoms with E-state index in [4.69, 9.17) is 0 Å². The maximum atomic E-state index is 12.1. The monoisotopic (exact) mass is 283 g/mol. The van der Waals surface area contributed by atoms with Gasteiger partial charge in [0, 0.05) is 24.5 Å². The SMILES string of the molecule is O=C(CCN1CCCCC1)Nc1cccc2cccnc12. The summed E-state index contributed by atoms with van der Waals surface area (Å²) in [6.45, 7) is 3.11. The maximum Gasteiger partial charge on any atom is 0.225 e. The molecule has 2 heterocycles. The molecule has 1 aromatic carbocycles. The molecule has 21 heavy (non-hydrogen) atoms. The van der Waals surface area contributed by atoms with Gasteiger partial charge in [0.2, 0.25) is 5.91 Å². The third kappa shape index (κ3) is 3.58. The van der Waals surface area contributed by atoms with Crippen molar-refractivity contribution in [3.05, 3.63) is 36.5 Å². The molecule has 1 amide bonds. The zero-order valence-corrected chi connectivity index (χ0v) is 12.2. The number of nitrogens with zero attached hydrogens (tertiary/aromatic N) is 2. The topological polar surface area (TPSA) is 45.2 Å². The van der Waals surface area contributed by atoms with Crippen LogP contribution in [0.25, 0.3) is 10.9 Å². The van der Waals surface area contributed by atoms with E-state index in [1.165, 1.54) is 19.3 Å². The number of hydrogen-bond acceptors (Lipinski definition) is 3. The minimum atomic E-state index is 0.0683. The molecule has 1 aliphatic heterocycles. The summed E-state index contributed by atoms with van der Waals surface area (Å²) in [6, 6.07) is 9.78. The predicted molar refractivity (Wildman–Crippen MR) is 85.3 cm³/mol. The Bertz CT molecular complexity index is 615. The number of amides is 1. The van der Waals surface area contributed by atoms with E-state index in [0.717, 1.165) is 36.2 Å². The summed E-state index contributed by atoms with van der Waals surface area (Å²) < 4.78 is 0. The van der Waals surface area contributed by atoms with Crippen LogP contribution in [-0.2, 0) is 4.79 Å². The van der Waals surface area contributed by atoms with Crippen LogP contribution in [0, 0.1) is 0 Å². The lowest BCUT2D eigenvalue weighted by molar-refractivity contribution is -0.116. The number of fused-ring (bicyclic) bond motifs is 1. The normalized spacial score (nSPS) is 16.0. The number of aromatic nitrogens is 1. The number of carbonyl (C=O) groups excluding carboxylic acids is 1. The fourth-order valence-corrected chi connectivity index (χ4v) is 2.86. The van der Waals surface area contributed by atoms with Crippen molar-refractivity contribution in [2.45, 2.75) is 25.7 Å². The second-order valence-corrected chi connectivity index (χ2v) is 5.58. The third-order valence-corrected chi connectivity index (χ3v) is 4.01. The van der Waals surface area contributed by atoms with Crippen LogP contribution in [0.4, 0.5) is 5.69 Å². The standard InChI is InChI=1S/C17H21N3O/c21-16(9-13-20-11-2-1-3-12-20)19-15-8-4-6-14-7-5-10-18-17(14)15/h4-8,10H,1-3,9,11-13H2,(H,19,21). The van der Waals surface area contributed by atoms with Crippen molar-refractivity contribution in [1.29, 1.82) is 0 Å². The number of para-hydroxylation sites is 1. The fourth-order valence-electron chi connectivity index (χ4n) is 2.86. The Kier molecular flexibility index (Phi) is 4.46. The Balaban J connectivity index is 1.61. The predicted octanol–water partition coefficient (Wildman–Crippen LogP) is 3.05. The summed E-state index contributed by atoms with van der Waals surface area (Å²) >= 11 is 0. The molecule has 0 saturated carbocycles. The number of piperidine rings is 1. The zero-order chi connectivity index (χ0) is 14.5. The summed E-state index contributed by atoms with van der Waals surface area (Å²) in [4.78, 5) is 18.9. The molecule has 1 N–H and O–H groups in total. The van der Waals surface area contributed by atoms with Crippen molar-refractivity contribution >= 4 is 22.5 Å². The van der Waals surface area contributed by atoms with E-state index < -0.39 is 0 Å². The number of likely N-dealkylation sites (tertiary alicyclic amines) is 1. The Labute approximate surface area is 125 Å². The Morgan fingerprint density at radius 3 is 2.81 bits per heavy atom. The van der Waals surface area contributed by atoms with Gasteiger partial charge in [0.25, 0.3) is 0 Å². The van der Waals surface area contributed by atoms with Gasteiger partial charge in [-0.1, -0.05) is 24.6 Å². The Morgan fingerprint density at radius 2 is 1.95 bits per heavy atom. The number of rotatable bonds is 4. The van der Waals surface area contributed by atoms with E-state index in [9.17, 15) is 4.79 Å². The lowest BCUT2D eigenvalue weighted by atomic mass is 10.1. The van der Waals surface area contributed by atoms with Gasteiger partial charge < -0.3 is 10.2 Å². The summed E-state index contributed by atoms with van der Waals surface area (Å²) in [7, 11) is 0. The van der Waals surface area contributed by atoms with Crippen molar-refractivity contribution in [3.8, 4) is 0 Å². The lowest BCUT2D eigenvalue weighted by Crippen LogP contribution is -2.32. The van der Waals surface area contributed by atoms with E-state index >= 15 is 0 Å². The molecule has 0 radical (unpaired) electrons. The summed E-state index contributed by atoms with van der Waals surface area (Å²) in [5, 5.41) is 4.04. The molecule has 2 aromatic rings. The van der Waals surface area contributed by atoms with Crippen LogP contribution in [0.3, 0.4) is 0 Å². The van der Waals surface area contributed by atoms with E-state index in [-0.39, 0.29) is 5.91 Å². The van der Waals surface area contributed by atoms with Crippen molar-refractivity contribution in [3.63, 3.8) is 0 Å². The Hall–Kier alpha value is -1.94. The molecule has 0 bridgehead atoms. The number of anilines is 1. The maximum absolute atomic E-state index is 12.1. The fraction of sp³-hybridized carbons (Fsp3) is 0.412. The van der Waals surface area contributed by atoms with Crippen molar-refractivity contribution in [2.24, 2.45) is 0 Å². The van der Waals surface area contributed by atoms with Gasteiger partial charge in [-0.2, -0.15) is 0 Å².